The van der Waals surface area contributed by atoms with E-state index in [-0.39, 0.29) is 5.91 Å². The van der Waals surface area contributed by atoms with Crippen LogP contribution in [0.4, 0.5) is 13.2 Å². The standard InChI is InChI=1S/C19H28F3N5OS/c1-14(19(20,21)22)25-8-10-26(11-9-25)18(23-2)24-6-3-17(28)27-7-4-16-15(13-27)5-12-29-16/h5,12,14H,3-4,6-11,13H2,1-2H3,(H,23,24). The van der Waals surface area contributed by atoms with Gasteiger partial charge in [-0.1, -0.05) is 0 Å². The minimum absolute atomic E-state index is 0.105. The van der Waals surface area contributed by atoms with E-state index < -0.39 is 12.2 Å². The number of fused-ring (bicyclic) bond motifs is 1. The number of nitrogens with zero attached hydrogens (tertiary/aromatic N) is 4. The van der Waals surface area contributed by atoms with Crippen LogP contribution in [0.25, 0.3) is 0 Å². The van der Waals surface area contributed by atoms with Crippen LogP contribution >= 0.6 is 11.3 Å². The van der Waals surface area contributed by atoms with Gasteiger partial charge in [-0.05, 0) is 30.4 Å². The number of nitrogens with one attached hydrogen (secondary N) is 1. The summed E-state index contributed by atoms with van der Waals surface area (Å²) in [7, 11) is 1.65. The number of amides is 1. The SMILES string of the molecule is CN=C(NCCC(=O)N1CCc2sccc2C1)N1CCN(C(C)C(F)(F)F)CC1. The fraction of sp³-hybridized carbons (Fsp3) is 0.684. The third kappa shape index (κ3) is 5.42. The number of rotatable bonds is 4. The van der Waals surface area contributed by atoms with Crippen molar-refractivity contribution in [2.45, 2.75) is 38.5 Å². The highest BCUT2D eigenvalue weighted by Crippen LogP contribution is 2.25. The van der Waals surface area contributed by atoms with E-state index in [9.17, 15) is 18.0 Å². The van der Waals surface area contributed by atoms with Crippen molar-refractivity contribution >= 4 is 23.2 Å². The number of carbonyl (C=O) groups excluding carboxylic acids is 1. The second-order valence-electron chi connectivity index (χ2n) is 7.40. The van der Waals surface area contributed by atoms with Crippen molar-refractivity contribution in [1.82, 2.24) is 20.0 Å². The molecule has 1 amide bonds. The minimum Gasteiger partial charge on any atom is -0.356 e. The molecule has 1 unspecified atom stereocenters. The Morgan fingerprint density at radius 3 is 2.62 bits per heavy atom. The lowest BCUT2D eigenvalue weighted by Gasteiger charge is -2.39. The summed E-state index contributed by atoms with van der Waals surface area (Å²) in [5.41, 5.74) is 1.24. The molecule has 0 spiro atoms. The van der Waals surface area contributed by atoms with E-state index in [1.807, 2.05) is 9.80 Å². The number of hydrogen-bond acceptors (Lipinski definition) is 4. The lowest BCUT2D eigenvalue weighted by Crippen LogP contribution is -2.56. The van der Waals surface area contributed by atoms with Gasteiger partial charge in [-0.3, -0.25) is 14.7 Å². The summed E-state index contributed by atoms with van der Waals surface area (Å²) in [5, 5.41) is 5.26. The molecule has 29 heavy (non-hydrogen) atoms. The Labute approximate surface area is 173 Å². The van der Waals surface area contributed by atoms with E-state index in [1.54, 1.807) is 18.4 Å². The summed E-state index contributed by atoms with van der Waals surface area (Å²) in [5.74, 6) is 0.740. The van der Waals surface area contributed by atoms with Gasteiger partial charge in [0.25, 0.3) is 0 Å². The zero-order valence-corrected chi connectivity index (χ0v) is 17.7. The summed E-state index contributed by atoms with van der Waals surface area (Å²) in [6, 6.07) is 0.643. The van der Waals surface area contributed by atoms with Crippen molar-refractivity contribution in [2.24, 2.45) is 4.99 Å². The average Bonchev–Trinajstić information content (AvgIpc) is 3.18. The molecule has 2 aliphatic rings. The first-order valence-corrected chi connectivity index (χ1v) is 10.8. The van der Waals surface area contributed by atoms with Gasteiger partial charge in [-0.15, -0.1) is 11.3 Å². The van der Waals surface area contributed by atoms with Gasteiger partial charge in [0.15, 0.2) is 5.96 Å². The molecular formula is C19H28F3N5OS. The summed E-state index contributed by atoms with van der Waals surface area (Å²) in [4.78, 5) is 23.4. The second-order valence-corrected chi connectivity index (χ2v) is 8.40. The number of thiophene rings is 1. The first-order valence-electron chi connectivity index (χ1n) is 9.89. The highest BCUT2D eigenvalue weighted by atomic mass is 32.1. The molecule has 1 N–H and O–H groups in total. The van der Waals surface area contributed by atoms with Crippen LogP contribution in [0.5, 0.6) is 0 Å². The van der Waals surface area contributed by atoms with Gasteiger partial charge in [0, 0.05) is 64.2 Å². The zero-order chi connectivity index (χ0) is 21.0. The Bertz CT molecular complexity index is 728. The maximum absolute atomic E-state index is 12.9. The van der Waals surface area contributed by atoms with Crippen LogP contribution < -0.4 is 5.32 Å². The molecule has 1 atom stereocenters. The molecule has 1 aromatic rings. The molecular weight excluding hydrogens is 403 g/mol. The van der Waals surface area contributed by atoms with Gasteiger partial charge in [-0.2, -0.15) is 13.2 Å². The second kappa shape index (κ2) is 9.34. The quantitative estimate of drug-likeness (QED) is 0.587. The van der Waals surface area contributed by atoms with Crippen LogP contribution in [0.15, 0.2) is 16.4 Å². The molecule has 0 aliphatic carbocycles. The van der Waals surface area contributed by atoms with Crippen LogP contribution in [0, 0.1) is 0 Å². The summed E-state index contributed by atoms with van der Waals surface area (Å²) in [6.07, 6.45) is -2.93. The smallest absolute Gasteiger partial charge is 0.356 e. The lowest BCUT2D eigenvalue weighted by molar-refractivity contribution is -0.181. The van der Waals surface area contributed by atoms with Gasteiger partial charge in [0.1, 0.15) is 6.04 Å². The fourth-order valence-electron chi connectivity index (χ4n) is 3.76. The maximum Gasteiger partial charge on any atom is 0.403 e. The number of halogens is 3. The van der Waals surface area contributed by atoms with Crippen LogP contribution in [-0.2, 0) is 17.8 Å². The molecule has 2 aliphatic heterocycles. The largest absolute Gasteiger partial charge is 0.403 e. The molecule has 0 saturated carbocycles. The van der Waals surface area contributed by atoms with Crippen molar-refractivity contribution in [1.29, 1.82) is 0 Å². The van der Waals surface area contributed by atoms with E-state index in [0.717, 1.165) is 13.0 Å². The van der Waals surface area contributed by atoms with E-state index in [1.165, 1.54) is 22.3 Å². The molecule has 10 heteroatoms. The van der Waals surface area contributed by atoms with Gasteiger partial charge in [-0.25, -0.2) is 0 Å². The van der Waals surface area contributed by atoms with E-state index in [0.29, 0.717) is 51.6 Å². The number of guanidine groups is 1. The maximum atomic E-state index is 12.9. The molecule has 3 heterocycles. The van der Waals surface area contributed by atoms with Crippen LogP contribution in [0.1, 0.15) is 23.8 Å². The molecule has 0 radical (unpaired) electrons. The molecule has 6 nitrogen and oxygen atoms in total. The Hall–Kier alpha value is -1.81. The number of aliphatic imine (C=N–C) groups is 1. The van der Waals surface area contributed by atoms with Crippen molar-refractivity contribution in [3.63, 3.8) is 0 Å². The molecule has 1 fully saturated rings. The van der Waals surface area contributed by atoms with Crippen molar-refractivity contribution in [3.8, 4) is 0 Å². The van der Waals surface area contributed by atoms with Crippen LogP contribution in [0.2, 0.25) is 0 Å². The Morgan fingerprint density at radius 2 is 1.97 bits per heavy atom. The molecule has 1 aromatic heterocycles. The lowest BCUT2D eigenvalue weighted by atomic mass is 10.1. The fourth-order valence-corrected chi connectivity index (χ4v) is 4.65. The highest BCUT2D eigenvalue weighted by Gasteiger charge is 2.41. The van der Waals surface area contributed by atoms with E-state index >= 15 is 0 Å². The zero-order valence-electron chi connectivity index (χ0n) is 16.8. The highest BCUT2D eigenvalue weighted by molar-refractivity contribution is 7.10. The van der Waals surface area contributed by atoms with Gasteiger partial charge in [0.05, 0.1) is 0 Å². The first-order chi connectivity index (χ1) is 13.8. The Balaban J connectivity index is 1.42. The molecule has 162 valence electrons. The first kappa shape index (κ1) is 21.9. The molecule has 3 rings (SSSR count). The predicted octanol–water partition coefficient (Wildman–Crippen LogP) is 2.17. The summed E-state index contributed by atoms with van der Waals surface area (Å²) in [6.45, 7) is 4.69. The van der Waals surface area contributed by atoms with Gasteiger partial charge in [0.2, 0.25) is 5.91 Å². The minimum atomic E-state index is -4.21. The number of hydrogen-bond donors (Lipinski definition) is 1. The number of carbonyl (C=O) groups is 1. The van der Waals surface area contributed by atoms with Crippen molar-refractivity contribution < 1.29 is 18.0 Å². The molecule has 0 bridgehead atoms. The number of piperazine rings is 1. The van der Waals surface area contributed by atoms with E-state index in [4.69, 9.17) is 0 Å². The predicted molar refractivity (Wildman–Crippen MR) is 108 cm³/mol. The van der Waals surface area contributed by atoms with Gasteiger partial charge >= 0.3 is 6.18 Å². The van der Waals surface area contributed by atoms with Crippen LogP contribution in [0.3, 0.4) is 0 Å². The van der Waals surface area contributed by atoms with Gasteiger partial charge < -0.3 is 15.1 Å². The monoisotopic (exact) mass is 431 g/mol. The molecule has 0 aromatic carbocycles. The Morgan fingerprint density at radius 1 is 1.24 bits per heavy atom. The topological polar surface area (TPSA) is 51.2 Å². The van der Waals surface area contributed by atoms with Crippen molar-refractivity contribution in [2.75, 3.05) is 46.3 Å². The van der Waals surface area contributed by atoms with Crippen LogP contribution in [-0.4, -0.2) is 85.1 Å². The third-order valence-electron chi connectivity index (χ3n) is 5.63. The molecule has 1 saturated heterocycles. The third-order valence-corrected chi connectivity index (χ3v) is 6.65. The summed E-state index contributed by atoms with van der Waals surface area (Å²) < 4.78 is 38.7. The average molecular weight is 432 g/mol. The van der Waals surface area contributed by atoms with Crippen molar-refractivity contribution in [3.05, 3.63) is 21.9 Å². The summed E-state index contributed by atoms with van der Waals surface area (Å²) >= 11 is 1.75. The number of alkyl halides is 3. The Kier molecular flexibility index (Phi) is 7.05. The normalized spacial score (nSPS) is 19.8. The van der Waals surface area contributed by atoms with E-state index in [2.05, 4.69) is 21.8 Å².